The van der Waals surface area contributed by atoms with E-state index in [1.165, 1.54) is 16.4 Å². The average molecular weight is 329 g/mol. The van der Waals surface area contributed by atoms with Crippen molar-refractivity contribution < 1.29 is 8.42 Å². The van der Waals surface area contributed by atoms with Crippen LogP contribution in [0.25, 0.3) is 0 Å². The molecule has 18 heavy (non-hydrogen) atoms. The number of hydrogen-bond acceptors (Lipinski definition) is 2. The van der Waals surface area contributed by atoms with Crippen LogP contribution in [-0.4, -0.2) is 31.2 Å². The molecule has 0 N–H and O–H groups in total. The number of nitrogens with zero attached hydrogens (tertiary/aromatic N) is 1. The summed E-state index contributed by atoms with van der Waals surface area (Å²) in [5.74, 6) is 0. The van der Waals surface area contributed by atoms with Crippen LogP contribution in [0.5, 0.6) is 0 Å². The van der Waals surface area contributed by atoms with Crippen LogP contribution in [0.2, 0.25) is 10.0 Å². The monoisotopic (exact) mass is 327 g/mol. The van der Waals surface area contributed by atoms with Crippen LogP contribution in [0, 0.1) is 0 Å². The van der Waals surface area contributed by atoms with Gasteiger partial charge in [0, 0.05) is 23.5 Å². The molecule has 0 amide bonds. The van der Waals surface area contributed by atoms with Crippen molar-refractivity contribution in [2.45, 2.75) is 23.1 Å². The van der Waals surface area contributed by atoms with Crippen molar-refractivity contribution in [1.82, 2.24) is 4.31 Å². The summed E-state index contributed by atoms with van der Waals surface area (Å²) in [6.45, 7) is 0.832. The van der Waals surface area contributed by atoms with Gasteiger partial charge in [-0.05, 0) is 31.0 Å². The molecule has 100 valence electrons. The largest absolute Gasteiger partial charge is 0.244 e. The lowest BCUT2D eigenvalue weighted by Crippen LogP contribution is -2.38. The average Bonchev–Trinajstić information content (AvgIpc) is 2.32. The van der Waals surface area contributed by atoms with E-state index in [0.29, 0.717) is 31.0 Å². The van der Waals surface area contributed by atoms with Crippen molar-refractivity contribution in [2.24, 2.45) is 0 Å². The maximum Gasteiger partial charge on any atom is 0.244 e. The van der Waals surface area contributed by atoms with Crippen molar-refractivity contribution in [3.8, 4) is 0 Å². The number of rotatable bonds is 2. The number of sulfonamides is 1. The molecular formula is C11H12Cl3NO2S. The third kappa shape index (κ3) is 2.94. The Morgan fingerprint density at radius 2 is 1.78 bits per heavy atom. The highest BCUT2D eigenvalue weighted by molar-refractivity contribution is 7.89. The molecule has 0 radical (unpaired) electrons. The minimum Gasteiger partial charge on any atom is -0.207 e. The molecule has 3 nitrogen and oxygen atoms in total. The lowest BCUT2D eigenvalue weighted by atomic mass is 10.2. The van der Waals surface area contributed by atoms with Crippen LogP contribution in [0.1, 0.15) is 12.8 Å². The molecule has 0 spiro atoms. The zero-order chi connectivity index (χ0) is 13.3. The molecule has 1 saturated heterocycles. The first-order chi connectivity index (χ1) is 8.41. The zero-order valence-corrected chi connectivity index (χ0v) is 12.5. The molecule has 0 saturated carbocycles. The standard InChI is InChI=1S/C11H12Cl3NO2S/c12-8-3-5-15(6-4-8)18(16,17)11-7-9(13)1-2-10(11)14/h1-2,7-8H,3-6H2. The Balaban J connectivity index is 2.33. The molecule has 7 heteroatoms. The molecule has 1 fully saturated rings. The second-order valence-electron chi connectivity index (χ2n) is 4.15. The van der Waals surface area contributed by atoms with Gasteiger partial charge in [0.2, 0.25) is 10.0 Å². The van der Waals surface area contributed by atoms with Gasteiger partial charge >= 0.3 is 0 Å². The van der Waals surface area contributed by atoms with Crippen molar-refractivity contribution in [2.75, 3.05) is 13.1 Å². The van der Waals surface area contributed by atoms with Crippen molar-refractivity contribution >= 4 is 44.8 Å². The summed E-state index contributed by atoms with van der Waals surface area (Å²) in [5, 5.41) is 0.587. The van der Waals surface area contributed by atoms with Gasteiger partial charge < -0.3 is 0 Å². The van der Waals surface area contributed by atoms with E-state index in [9.17, 15) is 8.42 Å². The highest BCUT2D eigenvalue weighted by atomic mass is 35.5. The number of alkyl halides is 1. The quantitative estimate of drug-likeness (QED) is 0.780. The Kier molecular flexibility index (Phi) is 4.44. The van der Waals surface area contributed by atoms with E-state index in [2.05, 4.69) is 0 Å². The molecule has 1 aliphatic rings. The van der Waals surface area contributed by atoms with Crippen molar-refractivity contribution in [3.05, 3.63) is 28.2 Å². The lowest BCUT2D eigenvalue weighted by molar-refractivity contribution is 0.350. The minimum absolute atomic E-state index is 0.0475. The third-order valence-corrected chi connectivity index (χ3v) is 5.95. The third-order valence-electron chi connectivity index (χ3n) is 2.89. The molecule has 0 aliphatic carbocycles. The molecule has 2 rings (SSSR count). The second-order valence-corrected chi connectivity index (χ2v) is 7.52. The maximum absolute atomic E-state index is 12.4. The van der Waals surface area contributed by atoms with Gasteiger partial charge in [-0.25, -0.2) is 8.42 Å². The van der Waals surface area contributed by atoms with Crippen LogP contribution in [0.4, 0.5) is 0 Å². The van der Waals surface area contributed by atoms with Gasteiger partial charge in [0.15, 0.2) is 0 Å². The first-order valence-electron chi connectivity index (χ1n) is 5.50. The molecule has 1 aromatic carbocycles. The normalized spacial score (nSPS) is 19.1. The highest BCUT2D eigenvalue weighted by Crippen LogP contribution is 2.29. The Morgan fingerprint density at radius 3 is 2.39 bits per heavy atom. The van der Waals surface area contributed by atoms with Gasteiger partial charge in [0.1, 0.15) is 4.90 Å². The smallest absolute Gasteiger partial charge is 0.207 e. The summed E-state index contributed by atoms with van der Waals surface area (Å²) in [6.07, 6.45) is 1.30. The predicted molar refractivity (Wildman–Crippen MR) is 74.1 cm³/mol. The number of benzene rings is 1. The summed E-state index contributed by atoms with van der Waals surface area (Å²) >= 11 is 17.7. The highest BCUT2D eigenvalue weighted by Gasteiger charge is 2.30. The van der Waals surface area contributed by atoms with Gasteiger partial charge in [-0.1, -0.05) is 23.2 Å². The summed E-state index contributed by atoms with van der Waals surface area (Å²) in [4.78, 5) is 0.0599. The van der Waals surface area contributed by atoms with Gasteiger partial charge in [0.05, 0.1) is 5.02 Å². The van der Waals surface area contributed by atoms with E-state index in [4.69, 9.17) is 34.8 Å². The van der Waals surface area contributed by atoms with E-state index in [1.54, 1.807) is 6.07 Å². The SMILES string of the molecule is O=S(=O)(c1cc(Cl)ccc1Cl)N1CCC(Cl)CC1. The van der Waals surface area contributed by atoms with E-state index in [-0.39, 0.29) is 15.3 Å². The fraction of sp³-hybridized carbons (Fsp3) is 0.455. The van der Waals surface area contributed by atoms with Gasteiger partial charge in [-0.15, -0.1) is 11.6 Å². The Labute approximate surface area is 122 Å². The minimum atomic E-state index is -3.58. The van der Waals surface area contributed by atoms with Crippen LogP contribution >= 0.6 is 34.8 Å². The van der Waals surface area contributed by atoms with E-state index >= 15 is 0 Å². The van der Waals surface area contributed by atoms with E-state index in [1.807, 2.05) is 0 Å². The molecule has 0 atom stereocenters. The van der Waals surface area contributed by atoms with Crippen LogP contribution in [-0.2, 0) is 10.0 Å². The van der Waals surface area contributed by atoms with Crippen LogP contribution in [0.15, 0.2) is 23.1 Å². The summed E-state index contributed by atoms with van der Waals surface area (Å²) < 4.78 is 26.2. The summed E-state index contributed by atoms with van der Waals surface area (Å²) in [7, 11) is -3.58. The van der Waals surface area contributed by atoms with Gasteiger partial charge in [-0.3, -0.25) is 0 Å². The molecule has 1 aliphatic heterocycles. The molecule has 0 bridgehead atoms. The zero-order valence-electron chi connectivity index (χ0n) is 9.44. The molecule has 1 aromatic rings. The van der Waals surface area contributed by atoms with E-state index < -0.39 is 10.0 Å². The van der Waals surface area contributed by atoms with E-state index in [0.717, 1.165) is 0 Å². The Hall–Kier alpha value is -0.0000000000000000555. The number of hydrogen-bond donors (Lipinski definition) is 0. The lowest BCUT2D eigenvalue weighted by Gasteiger charge is -2.28. The molecule has 1 heterocycles. The maximum atomic E-state index is 12.4. The fourth-order valence-corrected chi connectivity index (χ4v) is 4.28. The Bertz CT molecular complexity index is 539. The predicted octanol–water partition coefficient (Wildman–Crippen LogP) is 3.39. The van der Waals surface area contributed by atoms with Crippen molar-refractivity contribution in [1.29, 1.82) is 0 Å². The van der Waals surface area contributed by atoms with Crippen LogP contribution in [0.3, 0.4) is 0 Å². The fourth-order valence-electron chi connectivity index (χ4n) is 1.88. The number of piperidine rings is 1. The second kappa shape index (κ2) is 5.55. The Morgan fingerprint density at radius 1 is 1.17 bits per heavy atom. The van der Waals surface area contributed by atoms with Crippen molar-refractivity contribution in [3.63, 3.8) is 0 Å². The molecule has 0 unspecified atom stereocenters. The van der Waals surface area contributed by atoms with Gasteiger partial charge in [0.25, 0.3) is 0 Å². The number of halogens is 3. The van der Waals surface area contributed by atoms with Gasteiger partial charge in [-0.2, -0.15) is 4.31 Å². The van der Waals surface area contributed by atoms with Crippen LogP contribution < -0.4 is 0 Å². The first kappa shape index (κ1) is 14.4. The summed E-state index contributed by atoms with van der Waals surface area (Å²) in [6, 6.07) is 4.44. The first-order valence-corrected chi connectivity index (χ1v) is 8.14. The molecular weight excluding hydrogens is 317 g/mol. The topological polar surface area (TPSA) is 37.4 Å². The summed E-state index contributed by atoms with van der Waals surface area (Å²) in [5.41, 5.74) is 0. The molecule has 0 aromatic heterocycles.